The lowest BCUT2D eigenvalue weighted by Crippen LogP contribution is -2.15. The lowest BCUT2D eigenvalue weighted by molar-refractivity contribution is -0.385. The average molecular weight is 268 g/mol. The second kappa shape index (κ2) is 8.11. The summed E-state index contributed by atoms with van der Waals surface area (Å²) in [5.41, 5.74) is 1.98. The Hall–Kier alpha value is -1.07. The standard InChI is InChI=1S/C13H20N2O2S/c1-11-12(6-5-7-13(11)15(16)17)10-14-8-3-4-9-18-2/h5-7,14H,3-4,8-10H2,1-2H3. The number of benzene rings is 1. The van der Waals surface area contributed by atoms with Crippen LogP contribution >= 0.6 is 11.8 Å². The summed E-state index contributed by atoms with van der Waals surface area (Å²) < 4.78 is 0. The molecule has 18 heavy (non-hydrogen) atoms. The lowest BCUT2D eigenvalue weighted by Gasteiger charge is -2.07. The minimum absolute atomic E-state index is 0.205. The highest BCUT2D eigenvalue weighted by Gasteiger charge is 2.12. The predicted octanol–water partition coefficient (Wildman–Crippen LogP) is 3.14. The number of nitro benzene ring substituents is 1. The molecule has 1 N–H and O–H groups in total. The van der Waals surface area contributed by atoms with E-state index in [2.05, 4.69) is 11.6 Å². The van der Waals surface area contributed by atoms with Crippen molar-refractivity contribution in [2.75, 3.05) is 18.6 Å². The van der Waals surface area contributed by atoms with Gasteiger partial charge < -0.3 is 5.32 Å². The molecular formula is C13H20N2O2S. The van der Waals surface area contributed by atoms with Crippen LogP contribution in [-0.4, -0.2) is 23.5 Å². The zero-order valence-electron chi connectivity index (χ0n) is 10.9. The van der Waals surface area contributed by atoms with E-state index in [-0.39, 0.29) is 10.6 Å². The van der Waals surface area contributed by atoms with Gasteiger partial charge in [-0.2, -0.15) is 11.8 Å². The monoisotopic (exact) mass is 268 g/mol. The summed E-state index contributed by atoms with van der Waals surface area (Å²) in [6.45, 7) is 3.47. The van der Waals surface area contributed by atoms with Crippen LogP contribution in [0.5, 0.6) is 0 Å². The van der Waals surface area contributed by atoms with E-state index < -0.39 is 0 Å². The van der Waals surface area contributed by atoms with E-state index in [1.165, 1.54) is 12.2 Å². The average Bonchev–Trinajstić information content (AvgIpc) is 2.35. The van der Waals surface area contributed by atoms with Crippen LogP contribution in [0.2, 0.25) is 0 Å². The molecule has 0 heterocycles. The highest BCUT2D eigenvalue weighted by Crippen LogP contribution is 2.20. The second-order valence-corrected chi connectivity index (χ2v) is 5.18. The molecule has 0 aromatic heterocycles. The Morgan fingerprint density at radius 1 is 1.39 bits per heavy atom. The van der Waals surface area contributed by atoms with Crippen molar-refractivity contribution < 1.29 is 4.92 Å². The van der Waals surface area contributed by atoms with E-state index in [1.54, 1.807) is 12.1 Å². The molecule has 0 aliphatic carbocycles. The quantitative estimate of drug-likeness (QED) is 0.447. The highest BCUT2D eigenvalue weighted by molar-refractivity contribution is 7.98. The number of hydrogen-bond donors (Lipinski definition) is 1. The van der Waals surface area contributed by atoms with E-state index in [1.807, 2.05) is 24.8 Å². The van der Waals surface area contributed by atoms with Crippen molar-refractivity contribution in [1.82, 2.24) is 5.32 Å². The Bertz CT molecular complexity index is 397. The molecule has 4 nitrogen and oxygen atoms in total. The molecule has 0 atom stereocenters. The van der Waals surface area contributed by atoms with Crippen LogP contribution in [0.3, 0.4) is 0 Å². The molecule has 1 aromatic carbocycles. The van der Waals surface area contributed by atoms with Gasteiger partial charge in [-0.15, -0.1) is 0 Å². The van der Waals surface area contributed by atoms with Gasteiger partial charge >= 0.3 is 0 Å². The Labute approximate surface area is 112 Å². The Morgan fingerprint density at radius 2 is 2.17 bits per heavy atom. The molecule has 0 saturated heterocycles. The third-order valence-electron chi connectivity index (χ3n) is 2.88. The summed E-state index contributed by atoms with van der Waals surface area (Å²) in [7, 11) is 0. The fraction of sp³-hybridized carbons (Fsp3) is 0.538. The zero-order chi connectivity index (χ0) is 13.4. The fourth-order valence-electron chi connectivity index (χ4n) is 1.78. The molecular weight excluding hydrogens is 248 g/mol. The first-order valence-electron chi connectivity index (χ1n) is 6.09. The van der Waals surface area contributed by atoms with Crippen LogP contribution in [0.15, 0.2) is 18.2 Å². The molecule has 0 saturated carbocycles. The van der Waals surface area contributed by atoms with Gasteiger partial charge in [0.2, 0.25) is 0 Å². The van der Waals surface area contributed by atoms with Gasteiger partial charge in [0.05, 0.1) is 4.92 Å². The minimum Gasteiger partial charge on any atom is -0.313 e. The second-order valence-electron chi connectivity index (χ2n) is 4.20. The Balaban J connectivity index is 2.43. The number of nitro groups is 1. The number of nitrogens with one attached hydrogen (secondary N) is 1. The molecule has 1 aromatic rings. The molecule has 0 amide bonds. The maximum Gasteiger partial charge on any atom is 0.272 e. The van der Waals surface area contributed by atoms with Crippen molar-refractivity contribution in [1.29, 1.82) is 0 Å². The number of thioether (sulfide) groups is 1. The van der Waals surface area contributed by atoms with Crippen LogP contribution in [0, 0.1) is 17.0 Å². The molecule has 5 heteroatoms. The third-order valence-corrected chi connectivity index (χ3v) is 3.58. The summed E-state index contributed by atoms with van der Waals surface area (Å²) in [6.07, 6.45) is 4.47. The van der Waals surface area contributed by atoms with E-state index in [4.69, 9.17) is 0 Å². The summed E-state index contributed by atoms with van der Waals surface area (Å²) in [4.78, 5) is 10.5. The highest BCUT2D eigenvalue weighted by atomic mass is 32.2. The first kappa shape index (κ1) is 15.0. The SMILES string of the molecule is CSCCCCNCc1cccc([N+](=O)[O-])c1C. The predicted molar refractivity (Wildman–Crippen MR) is 77.2 cm³/mol. The molecule has 100 valence electrons. The maximum absolute atomic E-state index is 10.8. The summed E-state index contributed by atoms with van der Waals surface area (Å²) in [5, 5.41) is 14.1. The molecule has 1 rings (SSSR count). The van der Waals surface area contributed by atoms with E-state index in [0.717, 1.165) is 24.1 Å². The van der Waals surface area contributed by atoms with Gasteiger partial charge in [-0.1, -0.05) is 12.1 Å². The van der Waals surface area contributed by atoms with Gasteiger partial charge in [0.25, 0.3) is 5.69 Å². The molecule has 0 aliphatic heterocycles. The molecule has 0 bridgehead atoms. The topological polar surface area (TPSA) is 55.2 Å². The number of unbranched alkanes of at least 4 members (excludes halogenated alkanes) is 1. The number of nitrogens with zero attached hydrogens (tertiary/aromatic N) is 1. The van der Waals surface area contributed by atoms with Crippen molar-refractivity contribution in [3.05, 3.63) is 39.4 Å². The summed E-state index contributed by atoms with van der Waals surface area (Å²) >= 11 is 1.86. The van der Waals surface area contributed by atoms with E-state index in [9.17, 15) is 10.1 Å². The fourth-order valence-corrected chi connectivity index (χ4v) is 2.27. The molecule has 0 radical (unpaired) electrons. The Kier molecular flexibility index (Phi) is 6.75. The van der Waals surface area contributed by atoms with Crippen LogP contribution in [-0.2, 0) is 6.54 Å². The van der Waals surface area contributed by atoms with Crippen molar-refractivity contribution in [2.24, 2.45) is 0 Å². The minimum atomic E-state index is -0.322. The largest absolute Gasteiger partial charge is 0.313 e. The van der Waals surface area contributed by atoms with Crippen LogP contribution < -0.4 is 5.32 Å². The lowest BCUT2D eigenvalue weighted by atomic mass is 10.1. The van der Waals surface area contributed by atoms with Crippen LogP contribution in [0.4, 0.5) is 5.69 Å². The van der Waals surface area contributed by atoms with Crippen molar-refractivity contribution in [3.8, 4) is 0 Å². The van der Waals surface area contributed by atoms with Crippen molar-refractivity contribution >= 4 is 17.4 Å². The van der Waals surface area contributed by atoms with E-state index in [0.29, 0.717) is 6.54 Å². The number of rotatable bonds is 8. The smallest absolute Gasteiger partial charge is 0.272 e. The van der Waals surface area contributed by atoms with Gasteiger partial charge in [0.1, 0.15) is 0 Å². The summed E-state index contributed by atoms with van der Waals surface area (Å²) in [6, 6.07) is 5.24. The van der Waals surface area contributed by atoms with Gasteiger partial charge in [-0.05, 0) is 43.9 Å². The number of hydrogen-bond acceptors (Lipinski definition) is 4. The normalized spacial score (nSPS) is 10.6. The van der Waals surface area contributed by atoms with Gasteiger partial charge in [0, 0.05) is 18.2 Å². The van der Waals surface area contributed by atoms with Crippen molar-refractivity contribution in [3.63, 3.8) is 0 Å². The molecule has 0 spiro atoms. The summed E-state index contributed by atoms with van der Waals surface area (Å²) in [5.74, 6) is 1.19. The van der Waals surface area contributed by atoms with Gasteiger partial charge in [0.15, 0.2) is 0 Å². The molecule has 0 unspecified atom stereocenters. The van der Waals surface area contributed by atoms with E-state index >= 15 is 0 Å². The third kappa shape index (κ3) is 4.66. The molecule has 0 aliphatic rings. The Morgan fingerprint density at radius 3 is 2.83 bits per heavy atom. The van der Waals surface area contributed by atoms with Crippen LogP contribution in [0.25, 0.3) is 0 Å². The maximum atomic E-state index is 10.8. The van der Waals surface area contributed by atoms with Gasteiger partial charge in [-0.25, -0.2) is 0 Å². The van der Waals surface area contributed by atoms with Crippen molar-refractivity contribution in [2.45, 2.75) is 26.3 Å². The first-order valence-corrected chi connectivity index (χ1v) is 7.48. The van der Waals surface area contributed by atoms with Gasteiger partial charge in [-0.3, -0.25) is 10.1 Å². The van der Waals surface area contributed by atoms with Crippen LogP contribution in [0.1, 0.15) is 24.0 Å². The first-order chi connectivity index (χ1) is 8.66. The molecule has 0 fully saturated rings. The zero-order valence-corrected chi connectivity index (χ0v) is 11.8.